The summed E-state index contributed by atoms with van der Waals surface area (Å²) in [7, 11) is -1.54. The maximum absolute atomic E-state index is 12.0. The van der Waals surface area contributed by atoms with Crippen LogP contribution in [0.3, 0.4) is 0 Å². The molecule has 1 aromatic rings. The van der Waals surface area contributed by atoms with E-state index < -0.39 is 10.0 Å². The Kier molecular flexibility index (Phi) is 3.32. The van der Waals surface area contributed by atoms with Crippen LogP contribution in [-0.4, -0.2) is 32.1 Å². The van der Waals surface area contributed by atoms with Crippen molar-refractivity contribution in [3.63, 3.8) is 0 Å². The van der Waals surface area contributed by atoms with Crippen molar-refractivity contribution >= 4 is 10.0 Å². The first-order valence-electron chi connectivity index (χ1n) is 5.43. The number of aromatic nitrogens is 1. The summed E-state index contributed by atoms with van der Waals surface area (Å²) in [6, 6.07) is 1.62. The largest absolute Gasteiger partial charge is 0.356 e. The molecular formula is C10H17N3O2S. The number of aryl methyl sites for hydroxylation is 1. The van der Waals surface area contributed by atoms with Crippen molar-refractivity contribution < 1.29 is 8.42 Å². The SMILES string of the molecule is Cn1ccc(S(=O)(=O)N[C@@H]2CCCNC2)c1. The summed E-state index contributed by atoms with van der Waals surface area (Å²) in [6.45, 7) is 1.69. The molecule has 6 heteroatoms. The summed E-state index contributed by atoms with van der Waals surface area (Å²) >= 11 is 0. The third-order valence-corrected chi connectivity index (χ3v) is 4.24. The fourth-order valence-corrected chi connectivity index (χ4v) is 3.20. The van der Waals surface area contributed by atoms with Crippen LogP contribution in [0.25, 0.3) is 0 Å². The Hall–Kier alpha value is -0.850. The molecule has 0 aromatic carbocycles. The van der Waals surface area contributed by atoms with E-state index in [0.717, 1.165) is 19.4 Å². The number of sulfonamides is 1. The highest BCUT2D eigenvalue weighted by Gasteiger charge is 2.21. The van der Waals surface area contributed by atoms with Crippen LogP contribution in [0.15, 0.2) is 23.4 Å². The Labute approximate surface area is 95.9 Å². The van der Waals surface area contributed by atoms with E-state index in [1.807, 2.05) is 0 Å². The normalized spacial score (nSPS) is 22.2. The third kappa shape index (κ3) is 2.63. The van der Waals surface area contributed by atoms with Gasteiger partial charge in [-0.15, -0.1) is 0 Å². The molecule has 1 atom stereocenters. The zero-order valence-electron chi connectivity index (χ0n) is 9.31. The van der Waals surface area contributed by atoms with Crippen molar-refractivity contribution in [2.24, 2.45) is 7.05 Å². The number of hydrogen-bond donors (Lipinski definition) is 2. The predicted molar refractivity (Wildman–Crippen MR) is 61.6 cm³/mol. The molecule has 90 valence electrons. The van der Waals surface area contributed by atoms with Gasteiger partial charge in [-0.05, 0) is 25.5 Å². The maximum atomic E-state index is 12.0. The molecule has 0 spiro atoms. The standard InChI is InChI=1S/C10H17N3O2S/c1-13-6-4-10(8-13)16(14,15)12-9-3-2-5-11-7-9/h4,6,8-9,11-12H,2-3,5,7H2,1H3/t9-/m1/s1. The lowest BCUT2D eigenvalue weighted by Crippen LogP contribution is -2.45. The molecule has 0 saturated carbocycles. The highest BCUT2D eigenvalue weighted by Crippen LogP contribution is 2.11. The molecule has 0 amide bonds. The lowest BCUT2D eigenvalue weighted by atomic mass is 10.1. The second-order valence-electron chi connectivity index (χ2n) is 4.18. The fraction of sp³-hybridized carbons (Fsp3) is 0.600. The summed E-state index contributed by atoms with van der Waals surface area (Å²) < 4.78 is 28.4. The molecule has 0 aliphatic carbocycles. The highest BCUT2D eigenvalue weighted by atomic mass is 32.2. The van der Waals surface area contributed by atoms with Gasteiger partial charge in [0.2, 0.25) is 10.0 Å². The fourth-order valence-electron chi connectivity index (χ4n) is 1.88. The molecular weight excluding hydrogens is 226 g/mol. The van der Waals surface area contributed by atoms with Crippen molar-refractivity contribution in [3.05, 3.63) is 18.5 Å². The van der Waals surface area contributed by atoms with E-state index in [2.05, 4.69) is 10.0 Å². The summed E-state index contributed by atoms with van der Waals surface area (Å²) in [5.41, 5.74) is 0. The molecule has 16 heavy (non-hydrogen) atoms. The first-order chi connectivity index (χ1) is 7.58. The van der Waals surface area contributed by atoms with Crippen LogP contribution in [0.5, 0.6) is 0 Å². The molecule has 1 aromatic heterocycles. The monoisotopic (exact) mass is 243 g/mol. The topological polar surface area (TPSA) is 63.1 Å². The van der Waals surface area contributed by atoms with Gasteiger partial charge in [0.15, 0.2) is 0 Å². The molecule has 1 aliphatic rings. The van der Waals surface area contributed by atoms with E-state index in [0.29, 0.717) is 11.4 Å². The molecule has 0 radical (unpaired) electrons. The quantitative estimate of drug-likeness (QED) is 0.789. The number of hydrogen-bond acceptors (Lipinski definition) is 3. The average molecular weight is 243 g/mol. The lowest BCUT2D eigenvalue weighted by Gasteiger charge is -2.23. The zero-order valence-corrected chi connectivity index (χ0v) is 10.1. The van der Waals surface area contributed by atoms with E-state index >= 15 is 0 Å². The number of nitrogens with zero attached hydrogens (tertiary/aromatic N) is 1. The van der Waals surface area contributed by atoms with E-state index in [4.69, 9.17) is 0 Å². The van der Waals surface area contributed by atoms with Gasteiger partial charge >= 0.3 is 0 Å². The van der Waals surface area contributed by atoms with Gasteiger partial charge in [0.05, 0.1) is 4.90 Å². The van der Waals surface area contributed by atoms with Gasteiger partial charge < -0.3 is 9.88 Å². The molecule has 2 rings (SSSR count). The van der Waals surface area contributed by atoms with Crippen LogP contribution in [0.1, 0.15) is 12.8 Å². The Morgan fingerprint density at radius 2 is 2.38 bits per heavy atom. The Morgan fingerprint density at radius 1 is 1.56 bits per heavy atom. The van der Waals surface area contributed by atoms with E-state index in [-0.39, 0.29) is 6.04 Å². The van der Waals surface area contributed by atoms with Crippen LogP contribution in [0.2, 0.25) is 0 Å². The second-order valence-corrected chi connectivity index (χ2v) is 5.89. The van der Waals surface area contributed by atoms with Crippen LogP contribution in [0, 0.1) is 0 Å². The number of nitrogens with one attached hydrogen (secondary N) is 2. The van der Waals surface area contributed by atoms with Gasteiger partial charge in [-0.1, -0.05) is 0 Å². The van der Waals surface area contributed by atoms with Crippen LogP contribution in [-0.2, 0) is 17.1 Å². The highest BCUT2D eigenvalue weighted by molar-refractivity contribution is 7.89. The Bertz CT molecular complexity index is 446. The third-order valence-electron chi connectivity index (χ3n) is 2.73. The van der Waals surface area contributed by atoms with E-state index in [1.165, 1.54) is 0 Å². The molecule has 2 N–H and O–H groups in total. The molecule has 1 saturated heterocycles. The van der Waals surface area contributed by atoms with E-state index in [1.54, 1.807) is 30.1 Å². The smallest absolute Gasteiger partial charge is 0.242 e. The number of piperidine rings is 1. The van der Waals surface area contributed by atoms with Gasteiger partial charge in [-0.25, -0.2) is 13.1 Å². The molecule has 1 aliphatic heterocycles. The van der Waals surface area contributed by atoms with Gasteiger partial charge in [-0.2, -0.15) is 0 Å². The summed E-state index contributed by atoms with van der Waals surface area (Å²) in [4.78, 5) is 0.334. The minimum Gasteiger partial charge on any atom is -0.356 e. The molecule has 0 bridgehead atoms. The van der Waals surface area contributed by atoms with Crippen molar-refractivity contribution in [3.8, 4) is 0 Å². The van der Waals surface area contributed by atoms with Crippen molar-refractivity contribution in [2.45, 2.75) is 23.8 Å². The molecule has 0 unspecified atom stereocenters. The lowest BCUT2D eigenvalue weighted by molar-refractivity contribution is 0.428. The van der Waals surface area contributed by atoms with Crippen LogP contribution in [0.4, 0.5) is 0 Å². The number of rotatable bonds is 3. The van der Waals surface area contributed by atoms with Crippen LogP contribution >= 0.6 is 0 Å². The van der Waals surface area contributed by atoms with E-state index in [9.17, 15) is 8.42 Å². The minimum atomic E-state index is -3.35. The summed E-state index contributed by atoms with van der Waals surface area (Å²) in [5, 5.41) is 3.18. The van der Waals surface area contributed by atoms with Gasteiger partial charge in [0.25, 0.3) is 0 Å². The Balaban J connectivity index is 2.07. The summed E-state index contributed by atoms with van der Waals surface area (Å²) in [5.74, 6) is 0. The second kappa shape index (κ2) is 4.57. The van der Waals surface area contributed by atoms with Crippen molar-refractivity contribution in [1.29, 1.82) is 0 Å². The molecule has 1 fully saturated rings. The van der Waals surface area contributed by atoms with Crippen molar-refractivity contribution in [1.82, 2.24) is 14.6 Å². The predicted octanol–water partition coefficient (Wildman–Crippen LogP) is 0.0554. The molecule has 2 heterocycles. The summed E-state index contributed by atoms with van der Waals surface area (Å²) in [6.07, 6.45) is 5.26. The zero-order chi connectivity index (χ0) is 11.6. The maximum Gasteiger partial charge on any atom is 0.242 e. The minimum absolute atomic E-state index is 0.0129. The molecule has 5 nitrogen and oxygen atoms in total. The average Bonchev–Trinajstić information content (AvgIpc) is 2.66. The first-order valence-corrected chi connectivity index (χ1v) is 6.91. The van der Waals surface area contributed by atoms with Gasteiger partial charge in [-0.3, -0.25) is 0 Å². The van der Waals surface area contributed by atoms with Crippen molar-refractivity contribution in [2.75, 3.05) is 13.1 Å². The van der Waals surface area contributed by atoms with Gasteiger partial charge in [0, 0.05) is 32.0 Å². The Morgan fingerprint density at radius 3 is 2.94 bits per heavy atom. The van der Waals surface area contributed by atoms with Gasteiger partial charge in [0.1, 0.15) is 0 Å². The van der Waals surface area contributed by atoms with Crippen LogP contribution < -0.4 is 10.0 Å². The first kappa shape index (κ1) is 11.6.